The molecule has 0 bridgehead atoms. The van der Waals surface area contributed by atoms with E-state index in [1.54, 1.807) is 6.20 Å². The zero-order valence-electron chi connectivity index (χ0n) is 7.45. The maximum Gasteiger partial charge on any atom is 0.247 e. The highest BCUT2D eigenvalue weighted by molar-refractivity contribution is 6.05. The number of amides is 1. The minimum atomic E-state index is -0.223. The molecule has 14 heavy (non-hydrogen) atoms. The van der Waals surface area contributed by atoms with Crippen LogP contribution in [0, 0.1) is 0 Å². The summed E-state index contributed by atoms with van der Waals surface area (Å²) >= 11 is 0. The van der Waals surface area contributed by atoms with Gasteiger partial charge in [-0.1, -0.05) is 12.6 Å². The average molecular weight is 187 g/mol. The van der Waals surface area contributed by atoms with Crippen LogP contribution in [0.1, 0.15) is 0 Å². The van der Waals surface area contributed by atoms with Crippen molar-refractivity contribution in [3.63, 3.8) is 0 Å². The zero-order valence-corrected chi connectivity index (χ0v) is 7.45. The maximum absolute atomic E-state index is 11.1. The molecule has 1 aromatic heterocycles. The summed E-state index contributed by atoms with van der Waals surface area (Å²) < 4.78 is 0. The number of nitrogens with one attached hydrogen (secondary N) is 2. The molecule has 0 fully saturated rings. The fraction of sp³-hybridized carbons (Fsp3) is 0. The predicted molar refractivity (Wildman–Crippen MR) is 54.9 cm³/mol. The molecule has 0 saturated heterocycles. The number of carbonyl (C=O) groups excluding carboxylic acids is 1. The summed E-state index contributed by atoms with van der Waals surface area (Å²) in [6.07, 6.45) is 2.91. The van der Waals surface area contributed by atoms with Gasteiger partial charge in [0.15, 0.2) is 0 Å². The van der Waals surface area contributed by atoms with Crippen LogP contribution in [0.15, 0.2) is 37.1 Å². The van der Waals surface area contributed by atoms with Crippen molar-refractivity contribution in [3.8, 4) is 0 Å². The molecule has 1 heterocycles. The van der Waals surface area contributed by atoms with Gasteiger partial charge in [-0.3, -0.25) is 9.89 Å². The topological polar surface area (TPSA) is 57.8 Å². The summed E-state index contributed by atoms with van der Waals surface area (Å²) in [4.78, 5) is 11.1. The number of fused-ring (bicyclic) bond motifs is 1. The van der Waals surface area contributed by atoms with E-state index in [-0.39, 0.29) is 5.91 Å². The molecule has 2 aromatic rings. The molecule has 0 unspecified atom stereocenters. The van der Waals surface area contributed by atoms with Crippen molar-refractivity contribution >= 4 is 22.5 Å². The van der Waals surface area contributed by atoms with E-state index in [4.69, 9.17) is 0 Å². The molecule has 4 heteroatoms. The molecular formula is C10H9N3O. The third-order valence-corrected chi connectivity index (χ3v) is 1.93. The highest BCUT2D eigenvalue weighted by Gasteiger charge is 2.03. The van der Waals surface area contributed by atoms with Crippen molar-refractivity contribution in [2.45, 2.75) is 0 Å². The largest absolute Gasteiger partial charge is 0.322 e. The highest BCUT2D eigenvalue weighted by atomic mass is 16.1. The van der Waals surface area contributed by atoms with E-state index < -0.39 is 0 Å². The Kier molecular flexibility index (Phi) is 2.02. The number of anilines is 1. The summed E-state index contributed by atoms with van der Waals surface area (Å²) in [5.41, 5.74) is 1.63. The second kappa shape index (κ2) is 3.33. The molecule has 70 valence electrons. The number of H-pyrrole nitrogens is 1. The first-order chi connectivity index (χ1) is 6.81. The van der Waals surface area contributed by atoms with Gasteiger partial charge in [-0.2, -0.15) is 5.10 Å². The number of aromatic nitrogens is 2. The van der Waals surface area contributed by atoms with Crippen LogP contribution in [-0.4, -0.2) is 16.1 Å². The van der Waals surface area contributed by atoms with Crippen molar-refractivity contribution in [2.75, 3.05) is 5.32 Å². The smallest absolute Gasteiger partial charge is 0.247 e. The minimum absolute atomic E-state index is 0.223. The van der Waals surface area contributed by atoms with Crippen molar-refractivity contribution in [2.24, 2.45) is 0 Å². The van der Waals surface area contributed by atoms with Crippen molar-refractivity contribution < 1.29 is 4.79 Å². The van der Waals surface area contributed by atoms with Gasteiger partial charge in [0, 0.05) is 5.39 Å². The molecule has 0 aliphatic rings. The summed E-state index contributed by atoms with van der Waals surface area (Å²) in [6, 6.07) is 5.56. The van der Waals surface area contributed by atoms with E-state index in [9.17, 15) is 4.79 Å². The Balaban J connectivity index is 2.46. The van der Waals surface area contributed by atoms with Crippen LogP contribution in [0.2, 0.25) is 0 Å². The van der Waals surface area contributed by atoms with Gasteiger partial charge >= 0.3 is 0 Å². The number of carbonyl (C=O) groups is 1. The lowest BCUT2D eigenvalue weighted by Crippen LogP contribution is -2.07. The second-order valence-corrected chi connectivity index (χ2v) is 2.83. The summed E-state index contributed by atoms with van der Waals surface area (Å²) in [6.45, 7) is 3.39. The number of benzene rings is 1. The van der Waals surface area contributed by atoms with E-state index in [1.807, 2.05) is 18.2 Å². The van der Waals surface area contributed by atoms with Crippen molar-refractivity contribution in [1.82, 2.24) is 10.2 Å². The van der Waals surface area contributed by atoms with E-state index in [0.29, 0.717) is 0 Å². The minimum Gasteiger partial charge on any atom is -0.322 e. The van der Waals surface area contributed by atoms with Gasteiger partial charge in [-0.05, 0) is 18.2 Å². The first kappa shape index (κ1) is 8.50. The van der Waals surface area contributed by atoms with Crippen molar-refractivity contribution in [1.29, 1.82) is 0 Å². The summed E-state index contributed by atoms with van der Waals surface area (Å²) in [7, 11) is 0. The third kappa shape index (κ3) is 1.37. The number of nitrogens with zero attached hydrogens (tertiary/aromatic N) is 1. The maximum atomic E-state index is 11.1. The van der Waals surface area contributed by atoms with Crippen LogP contribution < -0.4 is 5.32 Å². The Labute approximate surface area is 80.6 Å². The Morgan fingerprint density at radius 2 is 2.43 bits per heavy atom. The second-order valence-electron chi connectivity index (χ2n) is 2.83. The van der Waals surface area contributed by atoms with Gasteiger partial charge in [0.1, 0.15) is 0 Å². The predicted octanol–water partition coefficient (Wildman–Crippen LogP) is 1.69. The van der Waals surface area contributed by atoms with Gasteiger partial charge in [0.2, 0.25) is 5.91 Å². The van der Waals surface area contributed by atoms with Crippen LogP contribution >= 0.6 is 0 Å². The summed E-state index contributed by atoms with van der Waals surface area (Å²) in [5.74, 6) is -0.223. The fourth-order valence-electron chi connectivity index (χ4n) is 1.26. The number of aromatic amines is 1. The number of hydrogen-bond acceptors (Lipinski definition) is 2. The zero-order chi connectivity index (χ0) is 9.97. The number of rotatable bonds is 2. The van der Waals surface area contributed by atoms with E-state index in [1.165, 1.54) is 6.08 Å². The molecular weight excluding hydrogens is 178 g/mol. The van der Waals surface area contributed by atoms with Gasteiger partial charge in [-0.25, -0.2) is 0 Å². The molecule has 2 N–H and O–H groups in total. The van der Waals surface area contributed by atoms with Crippen LogP contribution in [0.25, 0.3) is 10.9 Å². The summed E-state index contributed by atoms with van der Waals surface area (Å²) in [5, 5.41) is 10.3. The number of hydrogen-bond donors (Lipinski definition) is 2. The molecule has 1 aromatic carbocycles. The van der Waals surface area contributed by atoms with Crippen molar-refractivity contribution in [3.05, 3.63) is 37.1 Å². The molecule has 1 amide bonds. The lowest BCUT2D eigenvalue weighted by atomic mass is 10.2. The van der Waals surface area contributed by atoms with Crippen LogP contribution in [-0.2, 0) is 4.79 Å². The monoisotopic (exact) mass is 187 g/mol. The lowest BCUT2D eigenvalue weighted by molar-refractivity contribution is -0.111. The average Bonchev–Trinajstić information content (AvgIpc) is 2.66. The SMILES string of the molecule is C=CC(=O)Nc1cccc2[nH]ncc12. The Hall–Kier alpha value is -2.10. The molecule has 0 aliphatic carbocycles. The molecule has 2 rings (SSSR count). The lowest BCUT2D eigenvalue weighted by Gasteiger charge is -2.02. The normalized spacial score (nSPS) is 10.0. The Morgan fingerprint density at radius 3 is 3.21 bits per heavy atom. The first-order valence-corrected chi connectivity index (χ1v) is 4.17. The van der Waals surface area contributed by atoms with Gasteiger partial charge < -0.3 is 5.32 Å². The third-order valence-electron chi connectivity index (χ3n) is 1.93. The molecule has 4 nitrogen and oxygen atoms in total. The fourth-order valence-corrected chi connectivity index (χ4v) is 1.26. The molecule has 0 atom stereocenters. The van der Waals surface area contributed by atoms with Gasteiger partial charge in [0.25, 0.3) is 0 Å². The van der Waals surface area contributed by atoms with E-state index in [2.05, 4.69) is 22.1 Å². The van der Waals surface area contributed by atoms with Gasteiger partial charge in [-0.15, -0.1) is 0 Å². The Morgan fingerprint density at radius 1 is 1.57 bits per heavy atom. The van der Waals surface area contributed by atoms with Crippen LogP contribution in [0.5, 0.6) is 0 Å². The molecule has 0 radical (unpaired) electrons. The van der Waals surface area contributed by atoms with E-state index in [0.717, 1.165) is 16.6 Å². The molecule has 0 saturated carbocycles. The van der Waals surface area contributed by atoms with Crippen LogP contribution in [0.4, 0.5) is 5.69 Å². The quantitative estimate of drug-likeness (QED) is 0.703. The van der Waals surface area contributed by atoms with Gasteiger partial charge in [0.05, 0.1) is 17.4 Å². The molecule has 0 spiro atoms. The van der Waals surface area contributed by atoms with Crippen LogP contribution in [0.3, 0.4) is 0 Å². The van der Waals surface area contributed by atoms with E-state index >= 15 is 0 Å². The highest BCUT2D eigenvalue weighted by Crippen LogP contribution is 2.20. The standard InChI is InChI=1S/C10H9N3O/c1-2-10(14)12-8-4-3-5-9-7(8)6-11-13-9/h2-6H,1H2,(H,11,13)(H,12,14). The first-order valence-electron chi connectivity index (χ1n) is 4.17. The molecule has 0 aliphatic heterocycles. The Bertz CT molecular complexity index is 487.